The summed E-state index contributed by atoms with van der Waals surface area (Å²) in [4.78, 5) is 27.4. The Kier molecular flexibility index (Phi) is 14.2. The predicted molar refractivity (Wildman–Crippen MR) is 104 cm³/mol. The highest BCUT2D eigenvalue weighted by Gasteiger charge is 2.29. The number of allylic oxidation sites excluding steroid dienone is 1. The number of aliphatic hydroxyl groups is 2. The molecule has 0 fully saturated rings. The summed E-state index contributed by atoms with van der Waals surface area (Å²) in [5, 5.41) is 26.4. The van der Waals surface area contributed by atoms with Gasteiger partial charge in [-0.25, -0.2) is 0 Å². The van der Waals surface area contributed by atoms with Gasteiger partial charge in [-0.05, 0) is 36.1 Å². The van der Waals surface area contributed by atoms with Gasteiger partial charge in [0, 0.05) is 25.5 Å². The van der Waals surface area contributed by atoms with Crippen LogP contribution in [0.4, 0.5) is 0 Å². The fraction of sp³-hybridized carbons (Fsp3) is 0.500. The minimum atomic E-state index is -1.82. The lowest BCUT2D eigenvalue weighted by molar-refractivity contribution is -0.146. The number of hydrogen-bond acceptors (Lipinski definition) is 6. The molecule has 8 heteroatoms. The van der Waals surface area contributed by atoms with Crippen LogP contribution >= 0.6 is 11.8 Å². The van der Waals surface area contributed by atoms with Crippen molar-refractivity contribution in [1.29, 1.82) is 0 Å². The molecule has 0 saturated heterocycles. The first kappa shape index (κ1) is 24.1. The maximum Gasteiger partial charge on any atom is 0.252 e. The van der Waals surface area contributed by atoms with Crippen LogP contribution in [-0.2, 0) is 16.1 Å². The van der Waals surface area contributed by atoms with Crippen molar-refractivity contribution in [2.75, 3.05) is 12.3 Å². The van der Waals surface area contributed by atoms with Gasteiger partial charge in [0.2, 0.25) is 0 Å². The number of rotatable bonds is 10. The normalized spacial score (nSPS) is 12.7. The van der Waals surface area contributed by atoms with Gasteiger partial charge >= 0.3 is 0 Å². The number of amides is 2. The fourth-order valence-electron chi connectivity index (χ4n) is 1.72. The van der Waals surface area contributed by atoms with Gasteiger partial charge in [-0.1, -0.05) is 26.0 Å². The van der Waals surface area contributed by atoms with Crippen LogP contribution in [-0.4, -0.2) is 51.5 Å². The lowest BCUT2D eigenvalue weighted by atomic mass is 10.1. The van der Waals surface area contributed by atoms with E-state index in [-0.39, 0.29) is 6.54 Å². The van der Waals surface area contributed by atoms with Crippen molar-refractivity contribution in [3.05, 3.63) is 41.6 Å². The SMILES string of the molecule is C/C=C\SCCCNC(=O)C(O)C(O)C(=O)NCc1cccnc1.CC. The molecule has 0 radical (unpaired) electrons. The fourth-order valence-corrected chi connectivity index (χ4v) is 2.36. The van der Waals surface area contributed by atoms with Gasteiger partial charge in [0.25, 0.3) is 11.8 Å². The summed E-state index contributed by atoms with van der Waals surface area (Å²) in [5.41, 5.74) is 0.746. The Morgan fingerprint density at radius 3 is 2.46 bits per heavy atom. The average Bonchev–Trinajstić information content (AvgIpc) is 2.69. The summed E-state index contributed by atoms with van der Waals surface area (Å²) in [6.45, 7) is 6.44. The molecule has 2 unspecified atom stereocenters. The largest absolute Gasteiger partial charge is 0.380 e. The van der Waals surface area contributed by atoms with Crippen molar-refractivity contribution >= 4 is 23.6 Å². The number of nitrogens with one attached hydrogen (secondary N) is 2. The Hall–Kier alpha value is -1.90. The van der Waals surface area contributed by atoms with Gasteiger partial charge in [-0.2, -0.15) is 0 Å². The molecule has 0 saturated carbocycles. The van der Waals surface area contributed by atoms with Gasteiger partial charge in [-0.3, -0.25) is 14.6 Å². The van der Waals surface area contributed by atoms with Gasteiger partial charge < -0.3 is 20.8 Å². The van der Waals surface area contributed by atoms with Crippen molar-refractivity contribution in [3.8, 4) is 0 Å². The topological polar surface area (TPSA) is 112 Å². The number of thioether (sulfide) groups is 1. The zero-order valence-corrected chi connectivity index (χ0v) is 16.3. The van der Waals surface area contributed by atoms with Crippen molar-refractivity contribution in [3.63, 3.8) is 0 Å². The smallest absolute Gasteiger partial charge is 0.252 e. The first-order chi connectivity index (χ1) is 12.6. The molecule has 1 heterocycles. The van der Waals surface area contributed by atoms with Crippen molar-refractivity contribution in [2.24, 2.45) is 0 Å². The molecule has 0 aliphatic rings. The van der Waals surface area contributed by atoms with Crippen LogP contribution in [0, 0.1) is 0 Å². The Bertz CT molecular complexity index is 540. The Labute approximate surface area is 159 Å². The number of carbonyl (C=O) groups is 2. The molecular formula is C18H29N3O4S. The molecule has 2 amide bonds. The van der Waals surface area contributed by atoms with E-state index in [4.69, 9.17) is 0 Å². The molecule has 1 aromatic heterocycles. The van der Waals surface area contributed by atoms with E-state index in [9.17, 15) is 19.8 Å². The number of nitrogens with zero attached hydrogens (tertiary/aromatic N) is 1. The second-order valence-electron chi connectivity index (χ2n) is 4.95. The van der Waals surface area contributed by atoms with E-state index in [1.54, 1.807) is 36.3 Å². The number of aliphatic hydroxyl groups excluding tert-OH is 2. The van der Waals surface area contributed by atoms with E-state index in [0.717, 1.165) is 17.7 Å². The van der Waals surface area contributed by atoms with E-state index in [2.05, 4.69) is 15.6 Å². The van der Waals surface area contributed by atoms with Crippen LogP contribution in [0.2, 0.25) is 0 Å². The van der Waals surface area contributed by atoms with Crippen LogP contribution in [0.25, 0.3) is 0 Å². The highest BCUT2D eigenvalue weighted by atomic mass is 32.2. The van der Waals surface area contributed by atoms with Crippen LogP contribution in [0.3, 0.4) is 0 Å². The van der Waals surface area contributed by atoms with Crippen molar-refractivity contribution < 1.29 is 19.8 Å². The van der Waals surface area contributed by atoms with Crippen molar-refractivity contribution in [1.82, 2.24) is 15.6 Å². The van der Waals surface area contributed by atoms with Gasteiger partial charge in [0.1, 0.15) is 0 Å². The Morgan fingerprint density at radius 1 is 1.23 bits per heavy atom. The lowest BCUT2D eigenvalue weighted by Gasteiger charge is -2.17. The maximum absolute atomic E-state index is 11.8. The molecule has 0 spiro atoms. The molecule has 0 aromatic carbocycles. The summed E-state index contributed by atoms with van der Waals surface area (Å²) >= 11 is 1.62. The standard InChI is InChI=1S/C16H23N3O4S.C2H6/c1-2-8-24-9-4-7-18-15(22)13(20)14(21)16(23)19-11-12-5-3-6-17-10-12;1-2/h2-3,5-6,8,10,13-14,20-21H,4,7,9,11H2,1H3,(H,18,22)(H,19,23);1-2H3/b8-2-;. The van der Waals surface area contributed by atoms with E-state index >= 15 is 0 Å². The summed E-state index contributed by atoms with van der Waals surface area (Å²) in [6.07, 6.45) is 2.19. The second kappa shape index (κ2) is 15.4. The molecule has 1 aromatic rings. The van der Waals surface area contributed by atoms with E-state index < -0.39 is 24.0 Å². The van der Waals surface area contributed by atoms with Crippen molar-refractivity contribution in [2.45, 2.75) is 45.9 Å². The third kappa shape index (κ3) is 10.2. The first-order valence-corrected chi connectivity index (χ1v) is 9.64. The quantitative estimate of drug-likeness (QED) is 0.452. The van der Waals surface area contributed by atoms with Crippen LogP contribution in [0.1, 0.15) is 32.8 Å². The minimum Gasteiger partial charge on any atom is -0.380 e. The third-order valence-electron chi connectivity index (χ3n) is 3.00. The minimum absolute atomic E-state index is 0.153. The summed E-state index contributed by atoms with van der Waals surface area (Å²) < 4.78 is 0. The molecule has 26 heavy (non-hydrogen) atoms. The van der Waals surface area contributed by atoms with Crippen LogP contribution in [0.15, 0.2) is 36.0 Å². The van der Waals surface area contributed by atoms with Gasteiger partial charge in [0.15, 0.2) is 12.2 Å². The molecule has 1 rings (SSSR count). The number of carbonyl (C=O) groups excluding carboxylic acids is 2. The van der Waals surface area contributed by atoms with Gasteiger partial charge in [-0.15, -0.1) is 11.8 Å². The summed E-state index contributed by atoms with van der Waals surface area (Å²) in [6, 6.07) is 3.48. The van der Waals surface area contributed by atoms with E-state index in [0.29, 0.717) is 6.54 Å². The van der Waals surface area contributed by atoms with E-state index in [1.807, 2.05) is 32.3 Å². The zero-order chi connectivity index (χ0) is 19.8. The maximum atomic E-state index is 11.8. The third-order valence-corrected chi connectivity index (χ3v) is 3.99. The molecule has 4 N–H and O–H groups in total. The Morgan fingerprint density at radius 2 is 1.88 bits per heavy atom. The molecule has 146 valence electrons. The molecule has 7 nitrogen and oxygen atoms in total. The summed E-state index contributed by atoms with van der Waals surface area (Å²) in [7, 11) is 0. The second-order valence-corrected chi connectivity index (χ2v) is 5.97. The number of pyridine rings is 1. The molecule has 0 aliphatic carbocycles. The number of hydrogen-bond donors (Lipinski definition) is 4. The highest BCUT2D eigenvalue weighted by Crippen LogP contribution is 2.03. The first-order valence-electron chi connectivity index (χ1n) is 8.59. The summed E-state index contributed by atoms with van der Waals surface area (Å²) in [5.74, 6) is -0.755. The molecular weight excluding hydrogens is 354 g/mol. The van der Waals surface area contributed by atoms with Gasteiger partial charge in [0.05, 0.1) is 0 Å². The Balaban J connectivity index is 0.00000301. The zero-order valence-electron chi connectivity index (χ0n) is 15.5. The van der Waals surface area contributed by atoms with Crippen LogP contribution < -0.4 is 10.6 Å². The monoisotopic (exact) mass is 383 g/mol. The molecule has 0 bridgehead atoms. The number of aromatic nitrogens is 1. The van der Waals surface area contributed by atoms with Crippen LogP contribution in [0.5, 0.6) is 0 Å². The van der Waals surface area contributed by atoms with E-state index in [1.165, 1.54) is 0 Å². The predicted octanol–water partition coefficient (Wildman–Crippen LogP) is 1.22. The average molecular weight is 384 g/mol. The molecule has 0 aliphatic heterocycles. The molecule has 2 atom stereocenters. The highest BCUT2D eigenvalue weighted by molar-refractivity contribution is 8.02. The lowest BCUT2D eigenvalue weighted by Crippen LogP contribution is -2.49.